The van der Waals surface area contributed by atoms with Gasteiger partial charge in [-0.3, -0.25) is 4.79 Å². The molecule has 1 unspecified atom stereocenters. The van der Waals surface area contributed by atoms with Crippen molar-refractivity contribution in [3.05, 3.63) is 64.7 Å². The van der Waals surface area contributed by atoms with E-state index in [2.05, 4.69) is 16.0 Å². The fourth-order valence-corrected chi connectivity index (χ4v) is 3.26. The predicted octanol–water partition coefficient (Wildman–Crippen LogP) is 3.02. The Morgan fingerprint density at radius 2 is 1.79 bits per heavy atom. The van der Waals surface area contributed by atoms with E-state index in [-0.39, 0.29) is 18.0 Å². The quantitative estimate of drug-likeness (QED) is 0.697. The third kappa shape index (κ3) is 5.71. The Labute approximate surface area is 170 Å². The lowest BCUT2D eigenvalue weighted by Gasteiger charge is -2.23. The summed E-state index contributed by atoms with van der Waals surface area (Å²) in [5.74, 6) is 0.107. The lowest BCUT2D eigenvalue weighted by Crippen LogP contribution is -2.39. The molecule has 1 aliphatic rings. The highest BCUT2D eigenvalue weighted by Gasteiger charge is 2.22. The molecule has 0 aromatic heterocycles. The molecule has 0 spiro atoms. The normalized spacial score (nSPS) is 15.9. The molecule has 7 heteroatoms. The molecule has 1 aliphatic heterocycles. The molecule has 6 nitrogen and oxygen atoms in total. The molecule has 0 radical (unpaired) electrons. The van der Waals surface area contributed by atoms with Gasteiger partial charge in [-0.05, 0) is 48.4 Å². The largest absolute Gasteiger partial charge is 0.341 e. The number of nitrogens with zero attached hydrogens (tertiary/aromatic N) is 1. The third-order valence-corrected chi connectivity index (χ3v) is 5.16. The van der Waals surface area contributed by atoms with Gasteiger partial charge >= 0.3 is 6.03 Å². The predicted molar refractivity (Wildman–Crippen MR) is 112 cm³/mol. The van der Waals surface area contributed by atoms with Crippen molar-refractivity contribution in [3.8, 4) is 0 Å². The Bertz CT molecular complexity index is 802. The number of benzene rings is 2. The zero-order valence-corrected chi connectivity index (χ0v) is 16.6. The Balaban J connectivity index is 1.46. The molecule has 3 rings (SSSR count). The van der Waals surface area contributed by atoms with Gasteiger partial charge in [0.25, 0.3) is 0 Å². The van der Waals surface area contributed by atoms with Crippen LogP contribution >= 0.6 is 11.6 Å². The minimum atomic E-state index is -0.285. The van der Waals surface area contributed by atoms with E-state index in [1.54, 1.807) is 12.1 Å². The van der Waals surface area contributed by atoms with Crippen LogP contribution in [0.2, 0.25) is 5.02 Å². The number of amides is 3. The first-order valence-electron chi connectivity index (χ1n) is 9.36. The van der Waals surface area contributed by atoms with Crippen LogP contribution in [0, 0.1) is 0 Å². The van der Waals surface area contributed by atoms with E-state index >= 15 is 0 Å². The highest BCUT2D eigenvalue weighted by molar-refractivity contribution is 6.30. The number of hydrogen-bond acceptors (Lipinski definition) is 3. The Morgan fingerprint density at radius 1 is 1.11 bits per heavy atom. The maximum atomic E-state index is 12.4. The van der Waals surface area contributed by atoms with Crippen LogP contribution in [-0.4, -0.2) is 43.0 Å². The molecular weight excluding hydrogens is 376 g/mol. The van der Waals surface area contributed by atoms with Gasteiger partial charge < -0.3 is 20.9 Å². The average molecular weight is 401 g/mol. The summed E-state index contributed by atoms with van der Waals surface area (Å²) in [6.45, 7) is 2.23. The van der Waals surface area contributed by atoms with Gasteiger partial charge in [-0.15, -0.1) is 0 Å². The van der Waals surface area contributed by atoms with Crippen molar-refractivity contribution in [2.75, 3.05) is 25.5 Å². The van der Waals surface area contributed by atoms with Gasteiger partial charge in [0.1, 0.15) is 0 Å². The molecule has 2 aromatic carbocycles. The Kier molecular flexibility index (Phi) is 6.90. The molecule has 1 heterocycles. The molecule has 0 saturated carbocycles. The van der Waals surface area contributed by atoms with Crippen molar-refractivity contribution in [1.29, 1.82) is 0 Å². The first kappa shape index (κ1) is 20.2. The van der Waals surface area contributed by atoms with Crippen molar-refractivity contribution >= 4 is 29.2 Å². The van der Waals surface area contributed by atoms with Crippen molar-refractivity contribution in [2.24, 2.45) is 0 Å². The number of urea groups is 1. The molecule has 3 N–H and O–H groups in total. The zero-order valence-electron chi connectivity index (χ0n) is 15.9. The summed E-state index contributed by atoms with van der Waals surface area (Å²) in [6, 6.07) is 14.7. The Morgan fingerprint density at radius 3 is 2.43 bits per heavy atom. The van der Waals surface area contributed by atoms with Gasteiger partial charge in [-0.25, -0.2) is 4.79 Å². The van der Waals surface area contributed by atoms with Gasteiger partial charge in [0.15, 0.2) is 0 Å². The second kappa shape index (κ2) is 9.57. The van der Waals surface area contributed by atoms with Crippen LogP contribution in [-0.2, 0) is 17.8 Å². The first-order valence-corrected chi connectivity index (χ1v) is 9.73. The minimum absolute atomic E-state index is 0.107. The molecule has 1 atom stereocenters. The maximum absolute atomic E-state index is 12.4. The van der Waals surface area contributed by atoms with E-state index in [9.17, 15) is 9.59 Å². The summed E-state index contributed by atoms with van der Waals surface area (Å²) in [4.78, 5) is 26.3. The van der Waals surface area contributed by atoms with E-state index in [1.807, 2.05) is 48.3 Å². The number of anilines is 1. The lowest BCUT2D eigenvalue weighted by molar-refractivity contribution is -0.130. The summed E-state index contributed by atoms with van der Waals surface area (Å²) >= 11 is 5.85. The van der Waals surface area contributed by atoms with E-state index in [4.69, 9.17) is 11.6 Å². The molecule has 28 heavy (non-hydrogen) atoms. The number of nitrogens with one attached hydrogen (secondary N) is 3. The maximum Gasteiger partial charge on any atom is 0.319 e. The summed E-state index contributed by atoms with van der Waals surface area (Å²) in [5.41, 5.74) is 2.57. The Hall–Kier alpha value is -2.57. The lowest BCUT2D eigenvalue weighted by atomic mass is 10.1. The first-order chi connectivity index (χ1) is 13.5. The number of halogens is 1. The number of likely N-dealkylation sites (N-methyl/N-ethyl adjacent to an activating group) is 1. The second-order valence-corrected chi connectivity index (χ2v) is 7.40. The summed E-state index contributed by atoms with van der Waals surface area (Å²) < 4.78 is 0. The average Bonchev–Trinajstić information content (AvgIpc) is 3.23. The SMILES string of the molecule is CN(C(=O)Cc1ccc(NC(=O)NCc2ccc(Cl)cc2)cc1)C1CCNC1. The van der Waals surface area contributed by atoms with Crippen LogP contribution in [0.1, 0.15) is 17.5 Å². The van der Waals surface area contributed by atoms with Gasteiger partial charge in [-0.2, -0.15) is 0 Å². The second-order valence-electron chi connectivity index (χ2n) is 6.96. The van der Waals surface area contributed by atoms with Crippen LogP contribution in [0.4, 0.5) is 10.5 Å². The van der Waals surface area contributed by atoms with Crippen LogP contribution in [0.25, 0.3) is 0 Å². The van der Waals surface area contributed by atoms with Crippen LogP contribution in [0.3, 0.4) is 0 Å². The van der Waals surface area contributed by atoms with Crippen molar-refractivity contribution < 1.29 is 9.59 Å². The molecule has 1 saturated heterocycles. The fraction of sp³-hybridized carbons (Fsp3) is 0.333. The molecule has 0 bridgehead atoms. The van der Waals surface area contributed by atoms with Crippen LogP contribution < -0.4 is 16.0 Å². The van der Waals surface area contributed by atoms with Crippen molar-refractivity contribution in [2.45, 2.75) is 25.4 Å². The fourth-order valence-electron chi connectivity index (χ4n) is 3.14. The van der Waals surface area contributed by atoms with Crippen molar-refractivity contribution in [1.82, 2.24) is 15.5 Å². The van der Waals surface area contributed by atoms with Gasteiger partial charge in [-0.1, -0.05) is 35.9 Å². The highest BCUT2D eigenvalue weighted by Crippen LogP contribution is 2.13. The molecule has 0 aliphatic carbocycles. The van der Waals surface area contributed by atoms with E-state index < -0.39 is 0 Å². The third-order valence-electron chi connectivity index (χ3n) is 4.91. The number of hydrogen-bond donors (Lipinski definition) is 3. The monoisotopic (exact) mass is 400 g/mol. The van der Waals surface area contributed by atoms with Gasteiger partial charge in [0, 0.05) is 36.9 Å². The number of carbonyl (C=O) groups is 2. The minimum Gasteiger partial charge on any atom is -0.341 e. The van der Waals surface area contributed by atoms with Crippen LogP contribution in [0.5, 0.6) is 0 Å². The summed E-state index contributed by atoms with van der Waals surface area (Å²) in [7, 11) is 1.86. The smallest absolute Gasteiger partial charge is 0.319 e. The van der Waals surface area contributed by atoms with E-state index in [1.165, 1.54) is 0 Å². The molecule has 2 aromatic rings. The summed E-state index contributed by atoms with van der Waals surface area (Å²) in [5, 5.41) is 9.53. The number of rotatable bonds is 6. The van der Waals surface area contributed by atoms with Gasteiger partial charge in [0.2, 0.25) is 5.91 Å². The van der Waals surface area contributed by atoms with Crippen molar-refractivity contribution in [3.63, 3.8) is 0 Å². The summed E-state index contributed by atoms with van der Waals surface area (Å²) in [6.07, 6.45) is 1.35. The zero-order chi connectivity index (χ0) is 19.9. The number of carbonyl (C=O) groups excluding carboxylic acids is 2. The molecular formula is C21H25ClN4O2. The highest BCUT2D eigenvalue weighted by atomic mass is 35.5. The van der Waals surface area contributed by atoms with E-state index in [0.29, 0.717) is 23.7 Å². The van der Waals surface area contributed by atoms with Gasteiger partial charge in [0.05, 0.1) is 6.42 Å². The molecule has 148 valence electrons. The standard InChI is InChI=1S/C21H25ClN4O2/c1-26(19-10-11-23-14-19)20(27)12-15-4-8-18(9-5-15)25-21(28)24-13-16-2-6-17(22)7-3-16/h2-9,19,23H,10-14H2,1H3,(H2,24,25,28). The van der Waals surface area contributed by atoms with Crippen LogP contribution in [0.15, 0.2) is 48.5 Å². The van der Waals surface area contributed by atoms with E-state index in [0.717, 1.165) is 30.6 Å². The molecule has 3 amide bonds. The topological polar surface area (TPSA) is 73.5 Å². The molecule has 1 fully saturated rings.